The molecule has 1 amide bonds. The molecular weight excluding hydrogens is 517 g/mol. The van der Waals surface area contributed by atoms with Gasteiger partial charge < -0.3 is 30.8 Å². The third-order valence-electron chi connectivity index (χ3n) is 6.09. The lowest BCUT2D eigenvalue weighted by molar-refractivity contribution is -0.114. The number of nitrogens with two attached hydrogens (primary N) is 1. The Morgan fingerprint density at radius 2 is 1.94 bits per heavy atom. The molecule has 196 valence electrons. The summed E-state index contributed by atoms with van der Waals surface area (Å²) < 4.78 is 60.8. The lowest BCUT2D eigenvalue weighted by Crippen LogP contribution is -2.47. The highest BCUT2D eigenvalue weighted by atomic mass is 32.2. The standard InChI is InChI=1S/C22H27F3N6O3S2/c23-22(24,25)36(34)17-4-1-14(2-5-17)31-20(27)18(21(28)32)11-29-19-6-3-15(9-13(19)10-26)30-16-7-8-35(33)12-16/h1-2,4-5,11,13,15-16,19,29-30H,3,6-9,12H2,(H2,27,31)(H2,28,32)/b18-11+/t13?,15?,16?,19-,35?,36?/m0/s1. The smallest absolute Gasteiger partial charge is 0.578 e. The lowest BCUT2D eigenvalue weighted by atomic mass is 9.82. The predicted molar refractivity (Wildman–Crippen MR) is 131 cm³/mol. The minimum Gasteiger partial charge on any atom is -0.616 e. The molecule has 5 unspecified atom stereocenters. The van der Waals surface area contributed by atoms with Crippen LogP contribution in [0.1, 0.15) is 25.7 Å². The number of hydrogen-bond donors (Lipinski definition) is 5. The zero-order valence-electron chi connectivity index (χ0n) is 19.1. The van der Waals surface area contributed by atoms with Crippen molar-refractivity contribution in [1.29, 1.82) is 10.7 Å². The van der Waals surface area contributed by atoms with Crippen LogP contribution in [0, 0.1) is 22.7 Å². The van der Waals surface area contributed by atoms with Crippen LogP contribution in [-0.4, -0.2) is 56.0 Å². The van der Waals surface area contributed by atoms with Gasteiger partial charge in [0.15, 0.2) is 4.90 Å². The number of carbonyl (C=O) groups is 1. The van der Waals surface area contributed by atoms with E-state index in [0.29, 0.717) is 24.3 Å². The summed E-state index contributed by atoms with van der Waals surface area (Å²) in [5.41, 5.74) is 0.524. The van der Waals surface area contributed by atoms with Crippen LogP contribution in [0.25, 0.3) is 0 Å². The number of amidine groups is 1. The third kappa shape index (κ3) is 7.53. The number of hydrogen-bond acceptors (Lipinski definition) is 7. The monoisotopic (exact) mass is 544 g/mol. The van der Waals surface area contributed by atoms with E-state index < -0.39 is 44.5 Å². The van der Waals surface area contributed by atoms with E-state index in [9.17, 15) is 32.3 Å². The molecule has 1 aromatic rings. The van der Waals surface area contributed by atoms with E-state index in [-0.39, 0.29) is 35.3 Å². The van der Waals surface area contributed by atoms with Gasteiger partial charge in [-0.2, -0.15) is 5.26 Å². The molecular formula is C22H27F3N6O3S2. The number of carbonyl (C=O) groups excluding carboxylic acids is 1. The van der Waals surface area contributed by atoms with Crippen LogP contribution >= 0.6 is 0 Å². The molecule has 2 fully saturated rings. The topological polar surface area (TPSA) is 173 Å². The molecule has 6 atom stereocenters. The van der Waals surface area contributed by atoms with Crippen molar-refractivity contribution in [2.45, 2.75) is 54.2 Å². The molecule has 0 aromatic heterocycles. The second-order valence-corrected chi connectivity index (χ2v) is 11.7. The number of alkyl halides is 3. The second-order valence-electron chi connectivity index (χ2n) is 8.64. The number of primary amides is 1. The van der Waals surface area contributed by atoms with Crippen molar-refractivity contribution in [2.75, 3.05) is 16.8 Å². The van der Waals surface area contributed by atoms with Gasteiger partial charge >= 0.3 is 5.51 Å². The Hall–Kier alpha value is -2.44. The summed E-state index contributed by atoms with van der Waals surface area (Å²) in [7, 11) is 0. The molecule has 2 aliphatic rings. The van der Waals surface area contributed by atoms with Gasteiger partial charge in [-0.05, 0) is 43.5 Å². The zero-order chi connectivity index (χ0) is 26.5. The molecule has 1 saturated heterocycles. The number of amides is 1. The van der Waals surface area contributed by atoms with Crippen LogP contribution in [0.2, 0.25) is 0 Å². The molecule has 0 bridgehead atoms. The second kappa shape index (κ2) is 12.2. The highest BCUT2D eigenvalue weighted by Gasteiger charge is 2.46. The number of halogens is 3. The molecule has 3 rings (SSSR count). The Labute approximate surface area is 212 Å². The molecule has 6 N–H and O–H groups in total. The summed E-state index contributed by atoms with van der Waals surface area (Å²) in [5.74, 6) is -0.352. The molecule has 9 nitrogen and oxygen atoms in total. The SMILES string of the molecule is N#CC1CC(NC2CC[S+]([O-])C2)CC[C@@H]1N/C=C(\C(=N)Nc1ccc([S+]([O-])C(F)(F)F)cc1)C(N)=O. The summed E-state index contributed by atoms with van der Waals surface area (Å²) in [5, 5.41) is 26.9. The Kier molecular flexibility index (Phi) is 9.53. The minimum atomic E-state index is -4.89. The molecule has 1 aromatic carbocycles. The predicted octanol–water partition coefficient (Wildman–Crippen LogP) is 1.83. The van der Waals surface area contributed by atoms with Gasteiger partial charge in [0.1, 0.15) is 17.3 Å². The molecule has 0 spiro atoms. The first-order valence-electron chi connectivity index (χ1n) is 11.2. The average Bonchev–Trinajstić information content (AvgIpc) is 3.23. The first kappa shape index (κ1) is 28.1. The number of rotatable bonds is 8. The highest BCUT2D eigenvalue weighted by molar-refractivity contribution is 7.92. The van der Waals surface area contributed by atoms with E-state index >= 15 is 0 Å². The van der Waals surface area contributed by atoms with E-state index in [1.165, 1.54) is 18.3 Å². The van der Waals surface area contributed by atoms with Gasteiger partial charge in [0.2, 0.25) is 0 Å². The van der Waals surface area contributed by atoms with Gasteiger partial charge in [0.25, 0.3) is 5.91 Å². The van der Waals surface area contributed by atoms with Gasteiger partial charge in [0, 0.05) is 30.4 Å². The van der Waals surface area contributed by atoms with Crippen LogP contribution < -0.4 is 21.7 Å². The van der Waals surface area contributed by atoms with Crippen molar-refractivity contribution in [1.82, 2.24) is 10.6 Å². The van der Waals surface area contributed by atoms with Crippen molar-refractivity contribution in [3.8, 4) is 6.07 Å². The first-order valence-corrected chi connectivity index (χ1v) is 13.8. The van der Waals surface area contributed by atoms with E-state index in [0.717, 1.165) is 25.0 Å². The third-order valence-corrected chi connectivity index (χ3v) is 8.68. The molecule has 1 aliphatic heterocycles. The largest absolute Gasteiger partial charge is 0.616 e. The lowest BCUT2D eigenvalue weighted by Gasteiger charge is -2.34. The van der Waals surface area contributed by atoms with E-state index in [2.05, 4.69) is 22.0 Å². The van der Waals surface area contributed by atoms with Gasteiger partial charge in [-0.1, -0.05) is 11.2 Å². The summed E-state index contributed by atoms with van der Waals surface area (Å²) in [4.78, 5) is 11.5. The van der Waals surface area contributed by atoms with Crippen LogP contribution in [-0.2, 0) is 27.1 Å². The summed E-state index contributed by atoms with van der Waals surface area (Å²) in [6.07, 6.45) is 4.11. The molecule has 1 aliphatic carbocycles. The zero-order valence-corrected chi connectivity index (χ0v) is 20.8. The van der Waals surface area contributed by atoms with Gasteiger partial charge in [-0.15, -0.1) is 13.2 Å². The molecule has 36 heavy (non-hydrogen) atoms. The van der Waals surface area contributed by atoms with Crippen LogP contribution in [0.5, 0.6) is 0 Å². The van der Waals surface area contributed by atoms with E-state index in [1.54, 1.807) is 0 Å². The Bertz CT molecular complexity index is 1020. The average molecular weight is 545 g/mol. The normalized spacial score (nSPS) is 27.7. The maximum absolute atomic E-state index is 12.6. The Balaban J connectivity index is 1.59. The fraction of sp³-hybridized carbons (Fsp3) is 0.500. The van der Waals surface area contributed by atoms with E-state index in [1.807, 2.05) is 0 Å². The quantitative estimate of drug-likeness (QED) is 0.144. The highest BCUT2D eigenvalue weighted by Crippen LogP contribution is 2.31. The number of nitrogens with one attached hydrogen (secondary N) is 4. The number of nitrogens with zero attached hydrogens (tertiary/aromatic N) is 1. The Morgan fingerprint density at radius 3 is 2.50 bits per heavy atom. The van der Waals surface area contributed by atoms with Gasteiger partial charge in [0.05, 0.1) is 34.8 Å². The number of benzene rings is 1. The summed E-state index contributed by atoms with van der Waals surface area (Å²) >= 11 is -3.97. The van der Waals surface area contributed by atoms with Gasteiger partial charge in [-0.3, -0.25) is 10.2 Å². The van der Waals surface area contributed by atoms with Crippen molar-refractivity contribution in [3.63, 3.8) is 0 Å². The maximum Gasteiger partial charge on any atom is 0.578 e. The van der Waals surface area contributed by atoms with Crippen LogP contribution in [0.4, 0.5) is 18.9 Å². The number of anilines is 1. The van der Waals surface area contributed by atoms with Crippen molar-refractivity contribution in [3.05, 3.63) is 36.0 Å². The summed E-state index contributed by atoms with van der Waals surface area (Å²) in [6, 6.07) is 6.77. The summed E-state index contributed by atoms with van der Waals surface area (Å²) in [6.45, 7) is 0. The maximum atomic E-state index is 12.6. The first-order chi connectivity index (χ1) is 17.0. The molecule has 1 heterocycles. The fourth-order valence-electron chi connectivity index (χ4n) is 4.26. The fourth-order valence-corrected chi connectivity index (χ4v) is 6.33. The minimum absolute atomic E-state index is 0.127. The van der Waals surface area contributed by atoms with Crippen molar-refractivity contribution >= 4 is 39.8 Å². The Morgan fingerprint density at radius 1 is 1.25 bits per heavy atom. The van der Waals surface area contributed by atoms with E-state index in [4.69, 9.17) is 11.1 Å². The molecule has 14 heteroatoms. The van der Waals surface area contributed by atoms with Crippen LogP contribution in [0.3, 0.4) is 0 Å². The van der Waals surface area contributed by atoms with Crippen molar-refractivity contribution < 1.29 is 27.1 Å². The number of nitriles is 1. The van der Waals surface area contributed by atoms with Crippen LogP contribution in [0.15, 0.2) is 40.9 Å². The molecule has 1 saturated carbocycles. The van der Waals surface area contributed by atoms with Gasteiger partial charge in [-0.25, -0.2) is 0 Å². The van der Waals surface area contributed by atoms with Crippen molar-refractivity contribution in [2.24, 2.45) is 11.7 Å². The molecule has 0 radical (unpaired) electrons.